The third-order valence-corrected chi connectivity index (χ3v) is 5.73. The van der Waals surface area contributed by atoms with Gasteiger partial charge in [-0.25, -0.2) is 0 Å². The molecule has 0 aliphatic heterocycles. The summed E-state index contributed by atoms with van der Waals surface area (Å²) in [4.78, 5) is 28.2. The van der Waals surface area contributed by atoms with Gasteiger partial charge in [-0.05, 0) is 48.8 Å². The fraction of sp³-hybridized carbons (Fsp3) is 0.304. The Morgan fingerprint density at radius 1 is 1.13 bits per heavy atom. The highest BCUT2D eigenvalue weighted by Gasteiger charge is 2.42. The van der Waals surface area contributed by atoms with Crippen molar-refractivity contribution in [3.8, 4) is 0 Å². The fourth-order valence-corrected chi connectivity index (χ4v) is 3.93. The molecule has 7 heteroatoms. The number of rotatable bonds is 8. The molecular weight excluding hydrogens is 396 g/mol. The molecule has 2 aromatic carbocycles. The predicted octanol–water partition coefficient (Wildman–Crippen LogP) is 3.55. The van der Waals surface area contributed by atoms with E-state index >= 15 is 0 Å². The highest BCUT2D eigenvalue weighted by molar-refractivity contribution is 7.03. The van der Waals surface area contributed by atoms with Crippen LogP contribution >= 0.6 is 11.5 Å². The minimum Gasteiger partial charge on any atom is -0.354 e. The van der Waals surface area contributed by atoms with Crippen molar-refractivity contribution in [1.82, 2.24) is 19.8 Å². The van der Waals surface area contributed by atoms with Gasteiger partial charge in [-0.3, -0.25) is 9.59 Å². The summed E-state index contributed by atoms with van der Waals surface area (Å²) in [7, 11) is 0. The molecule has 3 aromatic rings. The minimum atomic E-state index is -0.692. The molecule has 0 radical (unpaired) electrons. The number of benzene rings is 2. The van der Waals surface area contributed by atoms with Gasteiger partial charge in [0.1, 0.15) is 6.04 Å². The van der Waals surface area contributed by atoms with E-state index in [0.717, 1.165) is 47.5 Å². The van der Waals surface area contributed by atoms with Crippen LogP contribution in [0.2, 0.25) is 0 Å². The van der Waals surface area contributed by atoms with Gasteiger partial charge in [0.15, 0.2) is 5.69 Å². The highest BCUT2D eigenvalue weighted by Crippen LogP contribution is 2.36. The highest BCUT2D eigenvalue weighted by atomic mass is 32.1. The maximum absolute atomic E-state index is 13.3. The van der Waals surface area contributed by atoms with Crippen molar-refractivity contribution in [2.24, 2.45) is 0 Å². The molecule has 0 unspecified atom stereocenters. The zero-order valence-electron chi connectivity index (χ0n) is 16.8. The van der Waals surface area contributed by atoms with Gasteiger partial charge in [0.05, 0.1) is 0 Å². The third kappa shape index (κ3) is 4.74. The number of aryl methyl sites for hydroxylation is 1. The monoisotopic (exact) mass is 420 g/mol. The van der Waals surface area contributed by atoms with E-state index in [1.807, 2.05) is 61.5 Å². The quantitative estimate of drug-likeness (QED) is 0.605. The third-order valence-electron chi connectivity index (χ3n) is 5.23. The number of hydrogen-bond donors (Lipinski definition) is 1. The van der Waals surface area contributed by atoms with E-state index in [4.69, 9.17) is 0 Å². The van der Waals surface area contributed by atoms with E-state index in [9.17, 15) is 9.59 Å². The van der Waals surface area contributed by atoms with Gasteiger partial charge in [0.25, 0.3) is 5.91 Å². The van der Waals surface area contributed by atoms with E-state index in [1.165, 1.54) is 0 Å². The lowest BCUT2D eigenvalue weighted by molar-refractivity contribution is -0.126. The Bertz CT molecular complexity index is 986. The van der Waals surface area contributed by atoms with Crippen LogP contribution in [0.15, 0.2) is 60.0 Å². The first-order valence-corrected chi connectivity index (χ1v) is 10.9. The van der Waals surface area contributed by atoms with Crippen molar-refractivity contribution < 1.29 is 9.59 Å². The standard InChI is InChI=1S/C23H24N4O2S/c1-16-7-9-18(10-8-16)21(22(28)24-14-13-17-5-3-2-4-6-17)27(19-11-12-19)23(29)20-15-30-26-25-20/h2-10,15,19,21H,11-14H2,1H3,(H,24,28)/t21-/m1/s1. The van der Waals surface area contributed by atoms with Gasteiger partial charge in [-0.1, -0.05) is 64.6 Å². The normalized spacial score (nSPS) is 14.2. The molecule has 1 heterocycles. The van der Waals surface area contributed by atoms with Crippen LogP contribution in [-0.2, 0) is 11.2 Å². The van der Waals surface area contributed by atoms with Crippen molar-refractivity contribution in [2.45, 2.75) is 38.3 Å². The summed E-state index contributed by atoms with van der Waals surface area (Å²) in [6.07, 6.45) is 2.52. The van der Waals surface area contributed by atoms with Crippen LogP contribution in [0.3, 0.4) is 0 Å². The maximum atomic E-state index is 13.3. The second-order valence-corrected chi connectivity index (χ2v) is 8.18. The molecule has 1 N–H and O–H groups in total. The summed E-state index contributed by atoms with van der Waals surface area (Å²) in [5, 5.41) is 8.62. The number of carbonyl (C=O) groups excluding carboxylic acids is 2. The molecule has 1 saturated carbocycles. The van der Waals surface area contributed by atoms with Gasteiger partial charge in [0, 0.05) is 18.0 Å². The second kappa shape index (κ2) is 9.17. The van der Waals surface area contributed by atoms with Crippen LogP contribution in [0, 0.1) is 6.92 Å². The lowest BCUT2D eigenvalue weighted by Gasteiger charge is -2.31. The van der Waals surface area contributed by atoms with Crippen molar-refractivity contribution >= 4 is 23.3 Å². The van der Waals surface area contributed by atoms with Crippen molar-refractivity contribution in [1.29, 1.82) is 0 Å². The molecule has 6 nitrogen and oxygen atoms in total. The molecular formula is C23H24N4O2S. The van der Waals surface area contributed by atoms with Gasteiger partial charge < -0.3 is 10.2 Å². The number of hydrogen-bond acceptors (Lipinski definition) is 5. The molecule has 30 heavy (non-hydrogen) atoms. The molecule has 0 saturated heterocycles. The Morgan fingerprint density at radius 3 is 2.50 bits per heavy atom. The van der Waals surface area contributed by atoms with E-state index in [1.54, 1.807) is 10.3 Å². The van der Waals surface area contributed by atoms with Gasteiger partial charge in [0.2, 0.25) is 5.91 Å². The van der Waals surface area contributed by atoms with Crippen LogP contribution in [0.25, 0.3) is 0 Å². The van der Waals surface area contributed by atoms with E-state index in [2.05, 4.69) is 14.9 Å². The average molecular weight is 421 g/mol. The minimum absolute atomic E-state index is 0.0466. The average Bonchev–Trinajstić information content (AvgIpc) is 3.44. The Balaban J connectivity index is 1.57. The Kier molecular flexibility index (Phi) is 6.18. The van der Waals surface area contributed by atoms with Crippen molar-refractivity contribution in [2.75, 3.05) is 6.54 Å². The number of nitrogens with zero attached hydrogens (tertiary/aromatic N) is 3. The zero-order valence-corrected chi connectivity index (χ0v) is 17.6. The smallest absolute Gasteiger partial charge is 0.276 e. The molecule has 154 valence electrons. The molecule has 0 bridgehead atoms. The molecule has 2 amide bonds. The summed E-state index contributed by atoms with van der Waals surface area (Å²) in [6.45, 7) is 2.51. The summed E-state index contributed by atoms with van der Waals surface area (Å²) in [5.74, 6) is -0.409. The van der Waals surface area contributed by atoms with Crippen LogP contribution in [0.1, 0.15) is 46.1 Å². The summed E-state index contributed by atoms with van der Waals surface area (Å²) in [6, 6.07) is 17.2. The van der Waals surface area contributed by atoms with E-state index in [0.29, 0.717) is 12.2 Å². The fourth-order valence-electron chi connectivity index (χ4n) is 3.50. The Hall–Kier alpha value is -3.06. The molecule has 1 fully saturated rings. The van der Waals surface area contributed by atoms with Gasteiger partial charge >= 0.3 is 0 Å². The number of aromatic nitrogens is 2. The lowest BCUT2D eigenvalue weighted by Crippen LogP contribution is -2.45. The molecule has 1 atom stereocenters. The molecule has 1 aromatic heterocycles. The Labute approximate surface area is 180 Å². The van der Waals surface area contributed by atoms with Crippen molar-refractivity contribution in [3.63, 3.8) is 0 Å². The first kappa shape index (κ1) is 20.2. The lowest BCUT2D eigenvalue weighted by atomic mass is 10.0. The molecule has 4 rings (SSSR count). The molecule has 1 aliphatic rings. The number of amides is 2. The predicted molar refractivity (Wildman–Crippen MR) is 116 cm³/mol. The summed E-state index contributed by atoms with van der Waals surface area (Å²) < 4.78 is 3.82. The summed E-state index contributed by atoms with van der Waals surface area (Å²) >= 11 is 1.14. The van der Waals surface area contributed by atoms with Gasteiger partial charge in [-0.15, -0.1) is 5.10 Å². The van der Waals surface area contributed by atoms with Crippen LogP contribution in [-0.4, -0.2) is 38.9 Å². The first-order valence-electron chi connectivity index (χ1n) is 10.1. The summed E-state index contributed by atoms with van der Waals surface area (Å²) in [5.41, 5.74) is 3.37. The molecule has 0 spiro atoms. The first-order chi connectivity index (χ1) is 14.6. The molecule has 1 aliphatic carbocycles. The SMILES string of the molecule is Cc1ccc([C@H](C(=O)NCCc2ccccc2)N(C(=O)c2csnn2)C2CC2)cc1. The Morgan fingerprint density at radius 2 is 1.87 bits per heavy atom. The zero-order chi connectivity index (χ0) is 20.9. The topological polar surface area (TPSA) is 75.2 Å². The van der Waals surface area contributed by atoms with Crippen LogP contribution in [0.5, 0.6) is 0 Å². The second-order valence-electron chi connectivity index (χ2n) is 7.57. The number of carbonyl (C=O) groups is 2. The van der Waals surface area contributed by atoms with Crippen molar-refractivity contribution in [3.05, 3.63) is 82.4 Å². The van der Waals surface area contributed by atoms with Gasteiger partial charge in [-0.2, -0.15) is 0 Å². The van der Waals surface area contributed by atoms with E-state index < -0.39 is 6.04 Å². The van der Waals surface area contributed by atoms with E-state index in [-0.39, 0.29) is 17.9 Å². The van der Waals surface area contributed by atoms with Crippen LogP contribution < -0.4 is 5.32 Å². The maximum Gasteiger partial charge on any atom is 0.276 e. The van der Waals surface area contributed by atoms with Crippen LogP contribution in [0.4, 0.5) is 0 Å². The largest absolute Gasteiger partial charge is 0.354 e. The number of nitrogens with one attached hydrogen (secondary N) is 1.